The number of hydrogen-bond acceptors (Lipinski definition) is 8. The van der Waals surface area contributed by atoms with E-state index in [9.17, 15) is 27.6 Å². The number of halogens is 3. The van der Waals surface area contributed by atoms with Crippen LogP contribution in [0.15, 0.2) is 21.7 Å². The number of aliphatic carboxylic acids is 2. The number of aryl methyl sites for hydroxylation is 2. The zero-order valence-electron chi connectivity index (χ0n) is 21.1. The highest BCUT2D eigenvalue weighted by molar-refractivity contribution is 5.84. The monoisotopic (exact) mass is 554 g/mol. The highest BCUT2D eigenvalue weighted by Crippen LogP contribution is 2.28. The maximum atomic E-state index is 12.4. The van der Waals surface area contributed by atoms with Crippen LogP contribution in [0.4, 0.5) is 18.9 Å². The van der Waals surface area contributed by atoms with Crippen LogP contribution in [0, 0.1) is 6.92 Å². The van der Waals surface area contributed by atoms with E-state index in [0.717, 1.165) is 55.5 Å². The van der Waals surface area contributed by atoms with Gasteiger partial charge in [0.1, 0.15) is 0 Å². The van der Waals surface area contributed by atoms with E-state index in [1.165, 1.54) is 0 Å². The number of aromatic amines is 1. The van der Waals surface area contributed by atoms with Crippen molar-refractivity contribution < 1.29 is 33.0 Å². The predicted molar refractivity (Wildman–Crippen MR) is 135 cm³/mol. The molecule has 3 aliphatic heterocycles. The summed E-state index contributed by atoms with van der Waals surface area (Å²) in [6.07, 6.45) is -0.845. The van der Waals surface area contributed by atoms with Crippen molar-refractivity contribution in [2.75, 3.05) is 18.4 Å². The quantitative estimate of drug-likeness (QED) is 0.195. The fourth-order valence-corrected chi connectivity index (χ4v) is 4.22. The van der Waals surface area contributed by atoms with Crippen LogP contribution in [-0.4, -0.2) is 67.0 Å². The van der Waals surface area contributed by atoms with Crippen LogP contribution in [0.3, 0.4) is 0 Å². The summed E-state index contributed by atoms with van der Waals surface area (Å²) in [5, 5.41) is 22.9. The van der Waals surface area contributed by atoms with E-state index >= 15 is 0 Å². The molecule has 1 aromatic rings. The topological polar surface area (TPSA) is 179 Å². The SMILES string of the molecule is Cc1cc2nc3c(=O)[nH]c(=O)nc-3n(CCCCCCC(=O)O)c2cc1N[C@@H]1CCNC1.O=C(O)C(F)(F)F. The number of hydrogen-bond donors (Lipinski definition) is 5. The average molecular weight is 555 g/mol. The van der Waals surface area contributed by atoms with Gasteiger partial charge < -0.3 is 25.4 Å². The number of H-pyrrole nitrogens is 1. The summed E-state index contributed by atoms with van der Waals surface area (Å²) in [5.74, 6) is -3.27. The molecule has 0 saturated carbocycles. The summed E-state index contributed by atoms with van der Waals surface area (Å²) in [6, 6.07) is 4.32. The van der Waals surface area contributed by atoms with Gasteiger partial charge in [-0.1, -0.05) is 12.8 Å². The van der Waals surface area contributed by atoms with Gasteiger partial charge in [0.2, 0.25) is 0 Å². The van der Waals surface area contributed by atoms with Crippen LogP contribution >= 0.6 is 0 Å². The number of benzene rings is 1. The molecule has 0 spiro atoms. The van der Waals surface area contributed by atoms with Gasteiger partial charge in [-0.3, -0.25) is 14.6 Å². The van der Waals surface area contributed by atoms with E-state index in [0.29, 0.717) is 24.5 Å². The Hall–Kier alpha value is -4.01. The summed E-state index contributed by atoms with van der Waals surface area (Å²) in [5.41, 5.74) is 2.40. The molecular weight excluding hydrogens is 525 g/mol. The van der Waals surface area contributed by atoms with Gasteiger partial charge >= 0.3 is 23.8 Å². The molecule has 1 saturated heterocycles. The van der Waals surface area contributed by atoms with Crippen LogP contribution in [0.2, 0.25) is 0 Å². The molecule has 39 heavy (non-hydrogen) atoms. The molecule has 15 heteroatoms. The third-order valence-corrected chi connectivity index (χ3v) is 6.14. The summed E-state index contributed by atoms with van der Waals surface area (Å²) < 4.78 is 33.6. The van der Waals surface area contributed by atoms with Crippen molar-refractivity contribution in [2.45, 2.75) is 64.2 Å². The van der Waals surface area contributed by atoms with E-state index in [2.05, 4.69) is 25.6 Å². The van der Waals surface area contributed by atoms with Gasteiger partial charge in [0, 0.05) is 31.2 Å². The number of anilines is 1. The Morgan fingerprint density at radius 2 is 1.82 bits per heavy atom. The molecule has 0 amide bonds. The van der Waals surface area contributed by atoms with Crippen LogP contribution < -0.4 is 21.9 Å². The number of carboxylic acids is 2. The molecule has 0 bridgehead atoms. The molecule has 0 radical (unpaired) electrons. The van der Waals surface area contributed by atoms with Crippen molar-refractivity contribution >= 4 is 28.7 Å². The number of fused-ring (bicyclic) bond motifs is 2. The van der Waals surface area contributed by atoms with E-state index in [1.54, 1.807) is 0 Å². The van der Waals surface area contributed by atoms with Crippen molar-refractivity contribution in [3.05, 3.63) is 38.5 Å². The normalized spacial score (nSPS) is 15.2. The Kier molecular flexibility index (Phi) is 9.61. The van der Waals surface area contributed by atoms with Crippen molar-refractivity contribution in [1.82, 2.24) is 24.8 Å². The molecule has 1 aromatic carbocycles. The van der Waals surface area contributed by atoms with Gasteiger partial charge in [0.05, 0.1) is 11.0 Å². The maximum Gasteiger partial charge on any atom is 0.490 e. The number of unbranched alkanes of at least 4 members (excludes halogenated alkanes) is 3. The Labute approximate surface area is 219 Å². The third kappa shape index (κ3) is 7.99. The second kappa shape index (κ2) is 12.7. The lowest BCUT2D eigenvalue weighted by Crippen LogP contribution is -2.29. The molecule has 1 atom stereocenters. The number of aromatic nitrogens is 4. The van der Waals surface area contributed by atoms with Crippen molar-refractivity contribution in [3.63, 3.8) is 0 Å². The Morgan fingerprint density at radius 3 is 2.44 bits per heavy atom. The van der Waals surface area contributed by atoms with Crippen molar-refractivity contribution in [3.8, 4) is 11.5 Å². The van der Waals surface area contributed by atoms with E-state index in [-0.39, 0.29) is 17.9 Å². The molecule has 4 rings (SSSR count). The molecule has 1 fully saturated rings. The van der Waals surface area contributed by atoms with Gasteiger partial charge in [0.25, 0.3) is 5.56 Å². The number of nitrogens with zero attached hydrogens (tertiary/aromatic N) is 3. The number of carboxylic acid groups (broad SMARTS) is 2. The van der Waals surface area contributed by atoms with Gasteiger partial charge in [0.15, 0.2) is 11.5 Å². The lowest BCUT2D eigenvalue weighted by molar-refractivity contribution is -0.192. The fraction of sp³-hybridized carbons (Fsp3) is 0.500. The molecule has 0 unspecified atom stereocenters. The van der Waals surface area contributed by atoms with Crippen LogP contribution in [0.25, 0.3) is 22.6 Å². The minimum Gasteiger partial charge on any atom is -0.481 e. The molecule has 3 heterocycles. The minimum absolute atomic E-state index is 0.142. The lowest BCUT2D eigenvalue weighted by Gasteiger charge is -2.20. The zero-order valence-corrected chi connectivity index (χ0v) is 21.1. The second-order valence-corrected chi connectivity index (χ2v) is 9.16. The number of rotatable bonds is 9. The molecular formula is C24H29F3N6O6. The summed E-state index contributed by atoms with van der Waals surface area (Å²) in [6.45, 7) is 4.44. The molecule has 5 N–H and O–H groups in total. The standard InChI is InChI=1S/C22H28N6O4.C2HF3O2/c1-13-10-16-17(11-15(13)24-14-7-8-23-12-14)28(9-5-3-2-4-6-18(29)30)20-19(25-16)21(31)27-22(32)26-20;3-2(4,5)1(6)7/h10-11,14,23-24H,2-9,12H2,1H3,(H,29,30)(H,27,31,32);(H,6,7)/t14-;/m1./s1. The number of carbonyl (C=O) groups is 2. The Balaban J connectivity index is 0.000000532. The first kappa shape index (κ1) is 29.5. The zero-order chi connectivity index (χ0) is 28.7. The summed E-state index contributed by atoms with van der Waals surface area (Å²) in [7, 11) is 0. The van der Waals surface area contributed by atoms with Crippen molar-refractivity contribution in [1.29, 1.82) is 0 Å². The lowest BCUT2D eigenvalue weighted by atomic mass is 10.1. The van der Waals surface area contributed by atoms with Crippen molar-refractivity contribution in [2.24, 2.45) is 0 Å². The first-order valence-corrected chi connectivity index (χ1v) is 12.3. The minimum atomic E-state index is -5.08. The van der Waals surface area contributed by atoms with E-state index in [1.807, 2.05) is 23.6 Å². The first-order valence-electron chi connectivity index (χ1n) is 12.3. The van der Waals surface area contributed by atoms with Gasteiger partial charge in [-0.05, 0) is 50.4 Å². The largest absolute Gasteiger partial charge is 0.490 e. The van der Waals surface area contributed by atoms with Crippen LogP contribution in [-0.2, 0) is 16.1 Å². The number of alkyl halides is 3. The van der Waals surface area contributed by atoms with Crippen LogP contribution in [0.1, 0.15) is 44.1 Å². The van der Waals surface area contributed by atoms with Gasteiger partial charge in [-0.15, -0.1) is 0 Å². The van der Waals surface area contributed by atoms with Crippen LogP contribution in [0.5, 0.6) is 0 Å². The maximum absolute atomic E-state index is 12.4. The van der Waals surface area contributed by atoms with E-state index < -0.39 is 29.4 Å². The second-order valence-electron chi connectivity index (χ2n) is 9.16. The highest BCUT2D eigenvalue weighted by Gasteiger charge is 2.38. The third-order valence-electron chi connectivity index (χ3n) is 6.14. The molecule has 0 aliphatic carbocycles. The molecule has 12 nitrogen and oxygen atoms in total. The smallest absolute Gasteiger partial charge is 0.481 e. The number of nitrogens with one attached hydrogen (secondary N) is 3. The summed E-state index contributed by atoms with van der Waals surface area (Å²) >= 11 is 0. The first-order chi connectivity index (χ1) is 18.4. The molecule has 0 aromatic heterocycles. The molecule has 212 valence electrons. The predicted octanol–water partition coefficient (Wildman–Crippen LogP) is 2.34. The Morgan fingerprint density at radius 1 is 1.13 bits per heavy atom. The van der Waals surface area contributed by atoms with Gasteiger partial charge in [-0.25, -0.2) is 14.6 Å². The highest BCUT2D eigenvalue weighted by atomic mass is 19.4. The van der Waals surface area contributed by atoms with Gasteiger partial charge in [-0.2, -0.15) is 18.2 Å². The summed E-state index contributed by atoms with van der Waals surface area (Å²) in [4.78, 5) is 54.7. The van der Waals surface area contributed by atoms with E-state index in [4.69, 9.17) is 15.0 Å². The Bertz CT molecular complexity index is 1410. The molecule has 3 aliphatic rings. The average Bonchev–Trinajstić information content (AvgIpc) is 3.35. The fourth-order valence-electron chi connectivity index (χ4n) is 4.22.